The third kappa shape index (κ3) is 13.4. The first kappa shape index (κ1) is 25.6. The van der Waals surface area contributed by atoms with Gasteiger partial charge in [-0.1, -0.05) is 24.1 Å². The van der Waals surface area contributed by atoms with Crippen LogP contribution < -0.4 is 0 Å². The molecule has 0 radical (unpaired) electrons. The Kier molecular flexibility index (Phi) is 13.5. The van der Waals surface area contributed by atoms with Gasteiger partial charge >= 0.3 is 5.97 Å². The van der Waals surface area contributed by atoms with E-state index in [-0.39, 0.29) is 17.9 Å². The van der Waals surface area contributed by atoms with Gasteiger partial charge < -0.3 is 14.6 Å². The van der Waals surface area contributed by atoms with E-state index in [1.54, 1.807) is 24.3 Å². The first-order chi connectivity index (χ1) is 13.9. The van der Waals surface area contributed by atoms with Crippen LogP contribution in [0, 0.1) is 6.92 Å². The number of rotatable bonds is 18. The monoisotopic (exact) mass is 430 g/mol. The molecule has 1 rings (SSSR count). The van der Waals surface area contributed by atoms with Crippen LogP contribution in [0.25, 0.3) is 0 Å². The van der Waals surface area contributed by atoms with Crippen LogP contribution in [0.15, 0.2) is 29.2 Å². The molecule has 1 aromatic carbocycles. The third-order valence-electron chi connectivity index (χ3n) is 4.24. The molecule has 0 aliphatic rings. The van der Waals surface area contributed by atoms with Crippen LogP contribution in [-0.2, 0) is 28.6 Å². The molecule has 0 heterocycles. The lowest BCUT2D eigenvalue weighted by molar-refractivity contribution is -0.137. The highest BCUT2D eigenvalue weighted by molar-refractivity contribution is 7.86. The second kappa shape index (κ2) is 15.4. The van der Waals surface area contributed by atoms with E-state index in [4.69, 9.17) is 18.8 Å². The zero-order chi connectivity index (χ0) is 21.4. The molecule has 1 N–H and O–H groups in total. The lowest BCUT2D eigenvalue weighted by Crippen LogP contribution is -2.08. The smallest absolute Gasteiger partial charge is 0.303 e. The second-order valence-corrected chi connectivity index (χ2v) is 8.55. The van der Waals surface area contributed by atoms with E-state index in [9.17, 15) is 13.2 Å². The normalized spacial score (nSPS) is 11.6. The van der Waals surface area contributed by atoms with Crippen molar-refractivity contribution in [3.63, 3.8) is 0 Å². The van der Waals surface area contributed by atoms with Gasteiger partial charge in [-0.2, -0.15) is 8.42 Å². The molecule has 1 aromatic rings. The summed E-state index contributed by atoms with van der Waals surface area (Å²) in [5, 5.41) is 8.53. The van der Waals surface area contributed by atoms with Gasteiger partial charge in [0, 0.05) is 32.8 Å². The number of unbranched alkanes of at least 4 members (excludes halogenated alkanes) is 4. The average molecular weight is 431 g/mol. The fraction of sp³-hybridized carbons (Fsp3) is 0.667. The molecule has 166 valence electrons. The van der Waals surface area contributed by atoms with Gasteiger partial charge in [0.15, 0.2) is 0 Å². The van der Waals surface area contributed by atoms with Gasteiger partial charge in [0.25, 0.3) is 10.1 Å². The van der Waals surface area contributed by atoms with Crippen molar-refractivity contribution in [1.29, 1.82) is 0 Å². The summed E-state index contributed by atoms with van der Waals surface area (Å²) in [7, 11) is -3.68. The Morgan fingerprint density at radius 1 is 0.793 bits per heavy atom. The number of hydrogen-bond donors (Lipinski definition) is 1. The van der Waals surface area contributed by atoms with E-state index >= 15 is 0 Å². The molecule has 0 fully saturated rings. The maximum atomic E-state index is 12.0. The molecule has 0 aromatic heterocycles. The van der Waals surface area contributed by atoms with Crippen LogP contribution in [0.5, 0.6) is 0 Å². The van der Waals surface area contributed by atoms with Crippen molar-refractivity contribution < 1.29 is 32.0 Å². The van der Waals surface area contributed by atoms with Crippen molar-refractivity contribution in [2.75, 3.05) is 33.0 Å². The summed E-state index contributed by atoms with van der Waals surface area (Å²) >= 11 is 0. The molecule has 0 bridgehead atoms. The summed E-state index contributed by atoms with van der Waals surface area (Å²) < 4.78 is 40.1. The SMILES string of the molecule is Cc1ccc(S(=O)(=O)OCCCCOCCCCOCCCCCC(=O)O)cc1. The number of benzene rings is 1. The second-order valence-electron chi connectivity index (χ2n) is 6.93. The Labute approximate surface area is 174 Å². The van der Waals surface area contributed by atoms with Crippen molar-refractivity contribution in [2.24, 2.45) is 0 Å². The van der Waals surface area contributed by atoms with Gasteiger partial charge in [-0.15, -0.1) is 0 Å². The lowest BCUT2D eigenvalue weighted by Gasteiger charge is -2.07. The largest absolute Gasteiger partial charge is 0.481 e. The van der Waals surface area contributed by atoms with Crippen molar-refractivity contribution in [1.82, 2.24) is 0 Å². The van der Waals surface area contributed by atoms with Gasteiger partial charge in [0.05, 0.1) is 11.5 Å². The molecule has 7 nitrogen and oxygen atoms in total. The highest BCUT2D eigenvalue weighted by Gasteiger charge is 2.14. The topological polar surface area (TPSA) is 99.1 Å². The van der Waals surface area contributed by atoms with Gasteiger partial charge in [-0.25, -0.2) is 0 Å². The van der Waals surface area contributed by atoms with Gasteiger partial charge in [0.1, 0.15) is 0 Å². The molecule has 29 heavy (non-hydrogen) atoms. The highest BCUT2D eigenvalue weighted by Crippen LogP contribution is 2.13. The number of hydrogen-bond acceptors (Lipinski definition) is 6. The van der Waals surface area contributed by atoms with E-state index in [1.807, 2.05) is 6.92 Å². The molecule has 0 atom stereocenters. The van der Waals surface area contributed by atoms with Gasteiger partial charge in [-0.3, -0.25) is 8.98 Å². The van der Waals surface area contributed by atoms with Crippen LogP contribution in [-0.4, -0.2) is 52.5 Å². The van der Waals surface area contributed by atoms with E-state index in [2.05, 4.69) is 0 Å². The number of carboxylic acids is 1. The van der Waals surface area contributed by atoms with Crippen molar-refractivity contribution >= 4 is 16.1 Å². The molecule has 8 heteroatoms. The zero-order valence-electron chi connectivity index (χ0n) is 17.3. The van der Waals surface area contributed by atoms with Gasteiger partial charge in [-0.05, 0) is 57.6 Å². The van der Waals surface area contributed by atoms with Crippen LogP contribution in [0.3, 0.4) is 0 Å². The maximum Gasteiger partial charge on any atom is 0.303 e. The Balaban J connectivity index is 1.88. The molecule has 0 saturated heterocycles. The maximum absolute atomic E-state index is 12.0. The van der Waals surface area contributed by atoms with Crippen LogP contribution in [0.2, 0.25) is 0 Å². The van der Waals surface area contributed by atoms with Crippen molar-refractivity contribution in [3.05, 3.63) is 29.8 Å². The summed E-state index contributed by atoms with van der Waals surface area (Å²) in [5.74, 6) is -0.745. The summed E-state index contributed by atoms with van der Waals surface area (Å²) in [6.07, 6.45) is 5.91. The number of aryl methyl sites for hydroxylation is 1. The molecule has 0 spiro atoms. The minimum absolute atomic E-state index is 0.153. The summed E-state index contributed by atoms with van der Waals surface area (Å²) in [6, 6.07) is 6.60. The zero-order valence-corrected chi connectivity index (χ0v) is 18.1. The highest BCUT2D eigenvalue weighted by atomic mass is 32.2. The quantitative estimate of drug-likeness (QED) is 0.278. The first-order valence-corrected chi connectivity index (χ1v) is 11.7. The summed E-state index contributed by atoms with van der Waals surface area (Å²) in [4.78, 5) is 10.5. The van der Waals surface area contributed by atoms with E-state index in [1.165, 1.54) is 0 Å². The molecule has 0 saturated carbocycles. The average Bonchev–Trinajstić information content (AvgIpc) is 2.67. The molecular weight excluding hydrogens is 396 g/mol. The van der Waals surface area contributed by atoms with Crippen LogP contribution >= 0.6 is 0 Å². The minimum Gasteiger partial charge on any atom is -0.481 e. The fourth-order valence-corrected chi connectivity index (χ4v) is 3.46. The van der Waals surface area contributed by atoms with Crippen LogP contribution in [0.4, 0.5) is 0 Å². The standard InChI is InChI=1S/C21H34O7S/c1-19-10-12-20(13-11-19)29(24,25)28-18-8-7-17-27-16-6-5-15-26-14-4-2-3-9-21(22)23/h10-13H,2-9,14-18H2,1H3,(H,22,23). The first-order valence-electron chi connectivity index (χ1n) is 10.3. The fourth-order valence-electron chi connectivity index (χ4n) is 2.52. The lowest BCUT2D eigenvalue weighted by atomic mass is 10.2. The van der Waals surface area contributed by atoms with Crippen LogP contribution in [0.1, 0.15) is 56.9 Å². The Morgan fingerprint density at radius 2 is 1.28 bits per heavy atom. The molecule has 0 amide bonds. The van der Waals surface area contributed by atoms with E-state index in [0.717, 1.165) is 37.7 Å². The van der Waals surface area contributed by atoms with Gasteiger partial charge in [0.2, 0.25) is 0 Å². The third-order valence-corrected chi connectivity index (χ3v) is 5.56. The molecule has 0 unspecified atom stereocenters. The molecule has 0 aliphatic heterocycles. The molecule has 0 aliphatic carbocycles. The van der Waals surface area contributed by atoms with E-state index in [0.29, 0.717) is 39.3 Å². The number of carbonyl (C=O) groups is 1. The Hall–Kier alpha value is -1.48. The van der Waals surface area contributed by atoms with Crippen molar-refractivity contribution in [2.45, 2.75) is 63.2 Å². The number of aliphatic carboxylic acids is 1. The number of carboxylic acid groups (broad SMARTS) is 1. The Bertz CT molecular complexity index is 656. The summed E-state index contributed by atoms with van der Waals surface area (Å²) in [6.45, 7) is 4.65. The molecular formula is C21H34O7S. The Morgan fingerprint density at radius 3 is 1.79 bits per heavy atom. The number of ether oxygens (including phenoxy) is 2. The minimum atomic E-state index is -3.68. The summed E-state index contributed by atoms with van der Waals surface area (Å²) in [5.41, 5.74) is 1.00. The predicted molar refractivity (Wildman–Crippen MR) is 111 cm³/mol. The predicted octanol–water partition coefficient (Wildman–Crippen LogP) is 3.94. The van der Waals surface area contributed by atoms with Crippen molar-refractivity contribution in [3.8, 4) is 0 Å². The van der Waals surface area contributed by atoms with E-state index < -0.39 is 16.1 Å².